The summed E-state index contributed by atoms with van der Waals surface area (Å²) in [4.78, 5) is 0. The van der Waals surface area contributed by atoms with E-state index in [2.05, 4.69) is 47.2 Å². The van der Waals surface area contributed by atoms with Gasteiger partial charge in [-0.05, 0) is 42.1 Å². The lowest BCUT2D eigenvalue weighted by Gasteiger charge is -2.15. The molecule has 0 spiro atoms. The minimum atomic E-state index is 0.523. The first-order valence-electron chi connectivity index (χ1n) is 8.34. The van der Waals surface area contributed by atoms with Gasteiger partial charge in [0, 0.05) is 11.0 Å². The van der Waals surface area contributed by atoms with E-state index in [1.54, 1.807) is 7.11 Å². The average Bonchev–Trinajstić information content (AvgIpc) is 2.58. The van der Waals surface area contributed by atoms with Crippen LogP contribution in [0.5, 0.6) is 11.5 Å². The Morgan fingerprint density at radius 3 is 2.50 bits per heavy atom. The Kier molecular flexibility index (Phi) is 7.60. The summed E-state index contributed by atoms with van der Waals surface area (Å²) in [6.07, 6.45) is 1.17. The van der Waals surface area contributed by atoms with Crippen LogP contribution in [0.1, 0.15) is 31.4 Å². The fourth-order valence-corrected chi connectivity index (χ4v) is 2.80. The Bertz CT molecular complexity index is 629. The van der Waals surface area contributed by atoms with Gasteiger partial charge in [-0.2, -0.15) is 0 Å². The third-order valence-corrected chi connectivity index (χ3v) is 4.52. The molecule has 0 atom stereocenters. The third kappa shape index (κ3) is 5.84. The number of benzene rings is 2. The molecule has 0 saturated carbocycles. The molecule has 24 heavy (non-hydrogen) atoms. The van der Waals surface area contributed by atoms with Gasteiger partial charge in [0.15, 0.2) is 11.5 Å². The van der Waals surface area contributed by atoms with Crippen LogP contribution in [0.3, 0.4) is 0 Å². The van der Waals surface area contributed by atoms with Gasteiger partial charge in [0.2, 0.25) is 0 Å². The molecule has 130 valence electrons. The highest BCUT2D eigenvalue weighted by Crippen LogP contribution is 2.34. The van der Waals surface area contributed by atoms with Crippen LogP contribution in [0.4, 0.5) is 0 Å². The van der Waals surface area contributed by atoms with Crippen LogP contribution < -0.4 is 14.8 Å². The molecule has 0 aromatic heterocycles. The summed E-state index contributed by atoms with van der Waals surface area (Å²) in [5.41, 5.74) is 2.30. The maximum atomic E-state index is 5.93. The Morgan fingerprint density at radius 2 is 1.83 bits per heavy atom. The lowest BCUT2D eigenvalue weighted by molar-refractivity contribution is 0.284. The van der Waals surface area contributed by atoms with Gasteiger partial charge < -0.3 is 14.8 Å². The Hall–Kier alpha value is -1.52. The molecule has 0 radical (unpaired) electrons. The topological polar surface area (TPSA) is 30.5 Å². The normalized spacial score (nSPS) is 10.9. The molecular weight excluding hydrogens is 366 g/mol. The molecule has 0 amide bonds. The van der Waals surface area contributed by atoms with Gasteiger partial charge in [0.1, 0.15) is 6.61 Å². The van der Waals surface area contributed by atoms with Crippen molar-refractivity contribution in [3.8, 4) is 11.5 Å². The number of ether oxygens (including phenoxy) is 2. The van der Waals surface area contributed by atoms with Crippen LogP contribution in [-0.4, -0.2) is 13.7 Å². The van der Waals surface area contributed by atoms with Crippen LogP contribution >= 0.6 is 15.9 Å². The van der Waals surface area contributed by atoms with Gasteiger partial charge in [-0.25, -0.2) is 0 Å². The van der Waals surface area contributed by atoms with Crippen LogP contribution in [0.25, 0.3) is 0 Å². The van der Waals surface area contributed by atoms with E-state index in [9.17, 15) is 0 Å². The number of halogens is 1. The van der Waals surface area contributed by atoms with Crippen molar-refractivity contribution in [2.45, 2.75) is 33.4 Å². The van der Waals surface area contributed by atoms with E-state index in [4.69, 9.17) is 9.47 Å². The van der Waals surface area contributed by atoms with E-state index in [1.165, 1.54) is 12.0 Å². The highest BCUT2D eigenvalue weighted by molar-refractivity contribution is 9.10. The smallest absolute Gasteiger partial charge is 0.162 e. The number of hydrogen-bond acceptors (Lipinski definition) is 3. The van der Waals surface area contributed by atoms with Crippen molar-refractivity contribution in [1.29, 1.82) is 0 Å². The fourth-order valence-electron chi connectivity index (χ4n) is 2.33. The lowest BCUT2D eigenvalue weighted by atomic mass is 10.1. The van der Waals surface area contributed by atoms with Crippen LogP contribution in [0, 0.1) is 5.92 Å². The zero-order valence-electron chi connectivity index (χ0n) is 14.6. The molecule has 2 rings (SSSR count). The van der Waals surface area contributed by atoms with Crippen molar-refractivity contribution in [2.75, 3.05) is 13.7 Å². The predicted octanol–water partition coefficient (Wildman–Crippen LogP) is 5.17. The van der Waals surface area contributed by atoms with E-state index in [0.717, 1.165) is 34.6 Å². The second-order valence-electron chi connectivity index (χ2n) is 6.23. The maximum Gasteiger partial charge on any atom is 0.162 e. The van der Waals surface area contributed by atoms with Crippen molar-refractivity contribution in [3.05, 3.63) is 58.1 Å². The largest absolute Gasteiger partial charge is 0.493 e. The summed E-state index contributed by atoms with van der Waals surface area (Å²) in [5, 5.41) is 3.48. The molecule has 2 aromatic rings. The van der Waals surface area contributed by atoms with Crippen LogP contribution in [-0.2, 0) is 13.2 Å². The van der Waals surface area contributed by atoms with E-state index < -0.39 is 0 Å². The quantitative estimate of drug-likeness (QED) is 0.597. The highest BCUT2D eigenvalue weighted by Gasteiger charge is 2.10. The van der Waals surface area contributed by atoms with E-state index in [0.29, 0.717) is 12.5 Å². The third-order valence-electron chi connectivity index (χ3n) is 3.78. The van der Waals surface area contributed by atoms with Gasteiger partial charge in [-0.15, -0.1) is 0 Å². The molecule has 0 aliphatic rings. The molecular formula is C20H26BrNO2. The molecule has 0 aliphatic heterocycles. The van der Waals surface area contributed by atoms with Crippen LogP contribution in [0.2, 0.25) is 0 Å². The number of methoxy groups -OCH3 is 1. The molecule has 0 fully saturated rings. The average molecular weight is 392 g/mol. The van der Waals surface area contributed by atoms with Gasteiger partial charge in [0.25, 0.3) is 0 Å². The maximum absolute atomic E-state index is 5.93. The fraction of sp³-hybridized carbons (Fsp3) is 0.400. The Balaban J connectivity index is 2.00. The monoisotopic (exact) mass is 391 g/mol. The van der Waals surface area contributed by atoms with Crippen molar-refractivity contribution in [3.63, 3.8) is 0 Å². The molecule has 0 unspecified atom stereocenters. The van der Waals surface area contributed by atoms with E-state index in [-0.39, 0.29) is 0 Å². The van der Waals surface area contributed by atoms with Gasteiger partial charge >= 0.3 is 0 Å². The van der Waals surface area contributed by atoms with E-state index >= 15 is 0 Å². The van der Waals surface area contributed by atoms with Gasteiger partial charge in [-0.3, -0.25) is 0 Å². The number of nitrogens with one attached hydrogen (secondary N) is 1. The summed E-state index contributed by atoms with van der Waals surface area (Å²) in [6.45, 7) is 6.82. The first-order valence-corrected chi connectivity index (χ1v) is 9.13. The molecule has 0 saturated heterocycles. The van der Waals surface area contributed by atoms with Crippen molar-refractivity contribution < 1.29 is 9.47 Å². The van der Waals surface area contributed by atoms with Crippen molar-refractivity contribution >= 4 is 15.9 Å². The molecule has 2 aromatic carbocycles. The first kappa shape index (κ1) is 18.8. The molecule has 0 aliphatic carbocycles. The highest BCUT2D eigenvalue weighted by atomic mass is 79.9. The Labute approximate surface area is 153 Å². The van der Waals surface area contributed by atoms with Crippen molar-refractivity contribution in [2.24, 2.45) is 5.92 Å². The second-order valence-corrected chi connectivity index (χ2v) is 7.08. The second kappa shape index (κ2) is 9.70. The zero-order valence-corrected chi connectivity index (χ0v) is 16.2. The summed E-state index contributed by atoms with van der Waals surface area (Å²) in [5.74, 6) is 2.22. The summed E-state index contributed by atoms with van der Waals surface area (Å²) < 4.78 is 12.5. The molecule has 0 bridgehead atoms. The predicted molar refractivity (Wildman–Crippen MR) is 103 cm³/mol. The van der Waals surface area contributed by atoms with Crippen LogP contribution in [0.15, 0.2) is 46.9 Å². The van der Waals surface area contributed by atoms with Gasteiger partial charge in [0.05, 0.1) is 7.11 Å². The Morgan fingerprint density at radius 1 is 1.08 bits per heavy atom. The minimum Gasteiger partial charge on any atom is -0.493 e. The molecule has 0 heterocycles. The number of rotatable bonds is 9. The SMILES string of the molecule is COc1cc(CNCCC(C)C)c(Br)cc1OCc1ccccc1. The lowest BCUT2D eigenvalue weighted by Crippen LogP contribution is -2.16. The molecule has 1 N–H and O–H groups in total. The summed E-state index contributed by atoms with van der Waals surface area (Å²) in [6, 6.07) is 14.1. The summed E-state index contributed by atoms with van der Waals surface area (Å²) in [7, 11) is 1.68. The summed E-state index contributed by atoms with van der Waals surface area (Å²) >= 11 is 3.64. The zero-order chi connectivity index (χ0) is 17.4. The number of hydrogen-bond donors (Lipinski definition) is 1. The first-order chi connectivity index (χ1) is 11.6. The van der Waals surface area contributed by atoms with Crippen molar-refractivity contribution in [1.82, 2.24) is 5.32 Å². The van der Waals surface area contributed by atoms with E-state index in [1.807, 2.05) is 30.3 Å². The molecule has 3 nitrogen and oxygen atoms in total. The minimum absolute atomic E-state index is 0.523. The molecule has 4 heteroatoms. The van der Waals surface area contributed by atoms with Gasteiger partial charge in [-0.1, -0.05) is 60.1 Å². The standard InChI is InChI=1S/C20H26BrNO2/c1-15(2)9-10-22-13-17-11-19(23-3)20(12-18(17)21)24-14-16-7-5-4-6-8-16/h4-8,11-12,15,22H,9-10,13-14H2,1-3H3.